The Morgan fingerprint density at radius 3 is 3.09 bits per heavy atom. The van der Waals surface area contributed by atoms with Crippen LogP contribution < -0.4 is 0 Å². The molecule has 1 aliphatic heterocycles. The van der Waals surface area contributed by atoms with Crippen molar-refractivity contribution in [2.24, 2.45) is 5.92 Å². The predicted octanol–water partition coefficient (Wildman–Crippen LogP) is 1.82. The van der Waals surface area contributed by atoms with Crippen LogP contribution in [0.4, 0.5) is 0 Å². The van der Waals surface area contributed by atoms with Gasteiger partial charge in [0.25, 0.3) is 0 Å². The molecule has 11 heavy (non-hydrogen) atoms. The van der Waals surface area contributed by atoms with Crippen molar-refractivity contribution in [3.8, 4) is 0 Å². The van der Waals surface area contributed by atoms with Gasteiger partial charge in [0, 0.05) is 13.1 Å². The Labute approximate surface area is 68.4 Å². The van der Waals surface area contributed by atoms with Crippen LogP contribution in [0.3, 0.4) is 0 Å². The molecule has 2 aliphatic rings. The molecule has 2 rings (SSSR count). The fourth-order valence-corrected chi connectivity index (χ4v) is 1.99. The SMILES string of the molecule is CC1C=CC2=C(C1)CN(C)C2. The van der Waals surface area contributed by atoms with Gasteiger partial charge in [-0.15, -0.1) is 0 Å². The van der Waals surface area contributed by atoms with Gasteiger partial charge < -0.3 is 0 Å². The average molecular weight is 149 g/mol. The Balaban J connectivity index is 2.18. The molecule has 1 nitrogen and oxygen atoms in total. The van der Waals surface area contributed by atoms with Crippen molar-refractivity contribution < 1.29 is 0 Å². The third kappa shape index (κ3) is 1.25. The topological polar surface area (TPSA) is 3.24 Å². The first-order valence-electron chi connectivity index (χ1n) is 4.33. The van der Waals surface area contributed by atoms with Gasteiger partial charge in [0.1, 0.15) is 0 Å². The van der Waals surface area contributed by atoms with Gasteiger partial charge in [0.15, 0.2) is 0 Å². The number of nitrogens with zero attached hydrogens (tertiary/aromatic N) is 1. The molecule has 0 aromatic carbocycles. The normalized spacial score (nSPS) is 31.3. The molecule has 0 spiro atoms. The van der Waals surface area contributed by atoms with Crippen LogP contribution in [-0.2, 0) is 0 Å². The van der Waals surface area contributed by atoms with Gasteiger partial charge in [-0.3, -0.25) is 4.90 Å². The van der Waals surface area contributed by atoms with E-state index >= 15 is 0 Å². The summed E-state index contributed by atoms with van der Waals surface area (Å²) in [5.74, 6) is 0.764. The Morgan fingerprint density at radius 2 is 2.27 bits per heavy atom. The number of hydrogen-bond acceptors (Lipinski definition) is 1. The second-order valence-electron chi connectivity index (χ2n) is 3.84. The van der Waals surface area contributed by atoms with Crippen molar-refractivity contribution >= 4 is 0 Å². The third-order valence-corrected chi connectivity index (χ3v) is 2.55. The Hall–Kier alpha value is -0.560. The van der Waals surface area contributed by atoms with Crippen molar-refractivity contribution in [3.05, 3.63) is 23.3 Å². The zero-order valence-electron chi connectivity index (χ0n) is 7.30. The summed E-state index contributed by atoms with van der Waals surface area (Å²) in [6.07, 6.45) is 5.93. The Morgan fingerprint density at radius 1 is 1.45 bits per heavy atom. The maximum absolute atomic E-state index is 2.38. The molecular formula is C10H15N. The van der Waals surface area contributed by atoms with Crippen LogP contribution in [0.15, 0.2) is 23.3 Å². The molecule has 0 aromatic heterocycles. The van der Waals surface area contributed by atoms with E-state index in [2.05, 4.69) is 31.0 Å². The summed E-state index contributed by atoms with van der Waals surface area (Å²) < 4.78 is 0. The van der Waals surface area contributed by atoms with Crippen molar-refractivity contribution in [2.75, 3.05) is 20.1 Å². The maximum atomic E-state index is 2.38. The number of rotatable bonds is 0. The lowest BCUT2D eigenvalue weighted by atomic mass is 9.93. The lowest BCUT2D eigenvalue weighted by molar-refractivity contribution is 0.422. The van der Waals surface area contributed by atoms with E-state index < -0.39 is 0 Å². The molecule has 0 saturated heterocycles. The fourth-order valence-electron chi connectivity index (χ4n) is 1.99. The minimum atomic E-state index is 0.764. The highest BCUT2D eigenvalue weighted by molar-refractivity contribution is 5.35. The standard InChI is InChI=1S/C10H15N/c1-8-3-4-9-6-11(2)7-10(9)5-8/h3-4,8H,5-7H2,1-2H3. The molecule has 0 fully saturated rings. The van der Waals surface area contributed by atoms with Gasteiger partial charge in [0.05, 0.1) is 0 Å². The molecule has 1 unspecified atom stereocenters. The van der Waals surface area contributed by atoms with E-state index in [1.807, 2.05) is 0 Å². The molecule has 0 saturated carbocycles. The van der Waals surface area contributed by atoms with Crippen LogP contribution in [0.5, 0.6) is 0 Å². The first kappa shape index (κ1) is 7.11. The summed E-state index contributed by atoms with van der Waals surface area (Å²) >= 11 is 0. The minimum absolute atomic E-state index is 0.764. The summed E-state index contributed by atoms with van der Waals surface area (Å²) in [4.78, 5) is 2.38. The molecule has 0 amide bonds. The molecule has 0 radical (unpaired) electrons. The van der Waals surface area contributed by atoms with Crippen LogP contribution in [0.1, 0.15) is 13.3 Å². The average Bonchev–Trinajstić information content (AvgIpc) is 2.27. The van der Waals surface area contributed by atoms with Crippen LogP contribution in [0.25, 0.3) is 0 Å². The van der Waals surface area contributed by atoms with E-state index in [4.69, 9.17) is 0 Å². The zero-order chi connectivity index (χ0) is 7.84. The van der Waals surface area contributed by atoms with Crippen molar-refractivity contribution in [1.82, 2.24) is 4.90 Å². The Kier molecular flexibility index (Phi) is 1.61. The smallest absolute Gasteiger partial charge is 0.0234 e. The molecule has 1 heteroatoms. The zero-order valence-corrected chi connectivity index (χ0v) is 7.30. The molecule has 0 aromatic rings. The van der Waals surface area contributed by atoms with E-state index in [0.29, 0.717) is 0 Å². The first-order valence-corrected chi connectivity index (χ1v) is 4.33. The molecule has 0 N–H and O–H groups in total. The van der Waals surface area contributed by atoms with E-state index in [0.717, 1.165) is 5.92 Å². The number of likely N-dealkylation sites (N-methyl/N-ethyl adjacent to an activating group) is 1. The van der Waals surface area contributed by atoms with Crippen LogP contribution in [0.2, 0.25) is 0 Å². The van der Waals surface area contributed by atoms with Gasteiger partial charge in [-0.1, -0.05) is 24.6 Å². The number of allylic oxidation sites excluding steroid dienone is 1. The van der Waals surface area contributed by atoms with E-state index in [-0.39, 0.29) is 0 Å². The molecule has 60 valence electrons. The summed E-state index contributed by atoms with van der Waals surface area (Å²) in [6.45, 7) is 4.65. The number of hydrogen-bond donors (Lipinski definition) is 0. The summed E-state index contributed by atoms with van der Waals surface area (Å²) in [5, 5.41) is 0. The monoisotopic (exact) mass is 149 g/mol. The third-order valence-electron chi connectivity index (χ3n) is 2.55. The Bertz CT molecular complexity index is 225. The van der Waals surface area contributed by atoms with Gasteiger partial charge in [-0.2, -0.15) is 0 Å². The molecule has 0 bridgehead atoms. The van der Waals surface area contributed by atoms with Crippen LogP contribution >= 0.6 is 0 Å². The van der Waals surface area contributed by atoms with Gasteiger partial charge in [-0.25, -0.2) is 0 Å². The highest BCUT2D eigenvalue weighted by Gasteiger charge is 2.20. The van der Waals surface area contributed by atoms with E-state index in [9.17, 15) is 0 Å². The van der Waals surface area contributed by atoms with Crippen molar-refractivity contribution in [2.45, 2.75) is 13.3 Å². The largest absolute Gasteiger partial charge is 0.298 e. The van der Waals surface area contributed by atoms with Gasteiger partial charge in [0.2, 0.25) is 0 Å². The maximum Gasteiger partial charge on any atom is 0.0234 e. The van der Waals surface area contributed by atoms with Crippen molar-refractivity contribution in [3.63, 3.8) is 0 Å². The fraction of sp³-hybridized carbons (Fsp3) is 0.600. The van der Waals surface area contributed by atoms with E-state index in [1.54, 1.807) is 11.1 Å². The summed E-state index contributed by atoms with van der Waals surface area (Å²) in [6, 6.07) is 0. The van der Waals surface area contributed by atoms with Gasteiger partial charge in [-0.05, 0) is 25.0 Å². The summed E-state index contributed by atoms with van der Waals surface area (Å²) in [7, 11) is 2.19. The molecule has 1 heterocycles. The van der Waals surface area contributed by atoms with Crippen LogP contribution in [0, 0.1) is 5.92 Å². The lowest BCUT2D eigenvalue weighted by Crippen LogP contribution is -2.14. The molecular weight excluding hydrogens is 134 g/mol. The van der Waals surface area contributed by atoms with Crippen LogP contribution in [-0.4, -0.2) is 25.0 Å². The molecule has 1 atom stereocenters. The summed E-state index contributed by atoms with van der Waals surface area (Å²) in [5.41, 5.74) is 3.24. The van der Waals surface area contributed by atoms with E-state index in [1.165, 1.54) is 19.5 Å². The highest BCUT2D eigenvalue weighted by atomic mass is 15.1. The second-order valence-corrected chi connectivity index (χ2v) is 3.84. The lowest BCUT2D eigenvalue weighted by Gasteiger charge is -2.13. The quantitative estimate of drug-likeness (QED) is 0.508. The predicted molar refractivity (Wildman–Crippen MR) is 47.4 cm³/mol. The highest BCUT2D eigenvalue weighted by Crippen LogP contribution is 2.28. The van der Waals surface area contributed by atoms with Gasteiger partial charge >= 0.3 is 0 Å². The van der Waals surface area contributed by atoms with Crippen molar-refractivity contribution in [1.29, 1.82) is 0 Å². The minimum Gasteiger partial charge on any atom is -0.298 e. The molecule has 1 aliphatic carbocycles. The second kappa shape index (κ2) is 2.49. The first-order chi connectivity index (χ1) is 5.25.